The van der Waals surface area contributed by atoms with Crippen molar-refractivity contribution in [1.82, 2.24) is 10.2 Å². The highest BCUT2D eigenvalue weighted by Crippen LogP contribution is 2.36. The molecule has 0 fully saturated rings. The summed E-state index contributed by atoms with van der Waals surface area (Å²) in [5, 5.41) is 3.37. The molecule has 2 amide bonds. The summed E-state index contributed by atoms with van der Waals surface area (Å²) in [7, 11) is -1.44. The number of aryl methyl sites for hydroxylation is 1. The van der Waals surface area contributed by atoms with E-state index in [1.165, 1.54) is 37.3 Å². The fourth-order valence-electron chi connectivity index (χ4n) is 4.97. The predicted molar refractivity (Wildman–Crippen MR) is 180 cm³/mol. The molecule has 4 aromatic carbocycles. The Labute approximate surface area is 275 Å². The minimum atomic E-state index is -4.32. The summed E-state index contributed by atoms with van der Waals surface area (Å²) in [6, 6.07) is 26.4. The van der Waals surface area contributed by atoms with Gasteiger partial charge in [0.25, 0.3) is 10.0 Å². The largest absolute Gasteiger partial charge is 0.497 e. The summed E-state index contributed by atoms with van der Waals surface area (Å²) < 4.78 is 40.6. The number of nitrogens with one attached hydrogen (secondary N) is 1. The van der Waals surface area contributed by atoms with E-state index in [1.807, 2.05) is 37.3 Å². The van der Waals surface area contributed by atoms with Gasteiger partial charge < -0.3 is 19.7 Å². The van der Waals surface area contributed by atoms with Gasteiger partial charge in [0.15, 0.2) is 0 Å². The minimum Gasteiger partial charge on any atom is -0.497 e. The van der Waals surface area contributed by atoms with Crippen LogP contribution in [0.25, 0.3) is 0 Å². The Kier molecular flexibility index (Phi) is 11.7. The van der Waals surface area contributed by atoms with Crippen molar-refractivity contribution in [2.24, 2.45) is 0 Å². The number of carbonyl (C=O) groups is 2. The van der Waals surface area contributed by atoms with Crippen LogP contribution in [-0.4, -0.2) is 58.5 Å². The first-order valence-corrected chi connectivity index (χ1v) is 16.6. The fourth-order valence-corrected chi connectivity index (χ4v) is 6.52. The van der Waals surface area contributed by atoms with Crippen molar-refractivity contribution in [3.05, 3.63) is 119 Å². The average molecular weight is 664 g/mol. The summed E-state index contributed by atoms with van der Waals surface area (Å²) >= 11 is 6.14. The molecule has 1 atom stereocenters. The zero-order chi connectivity index (χ0) is 33.3. The molecular formula is C35H38ClN3O6S. The summed E-state index contributed by atoms with van der Waals surface area (Å²) in [6.07, 6.45) is 0.208. The van der Waals surface area contributed by atoms with Gasteiger partial charge in [-0.25, -0.2) is 8.42 Å². The molecule has 0 unspecified atom stereocenters. The number of sulfonamides is 1. The van der Waals surface area contributed by atoms with Gasteiger partial charge in [0.05, 0.1) is 24.8 Å². The van der Waals surface area contributed by atoms with Gasteiger partial charge >= 0.3 is 0 Å². The van der Waals surface area contributed by atoms with Crippen LogP contribution in [0, 0.1) is 6.92 Å². The third-order valence-electron chi connectivity index (χ3n) is 7.43. The van der Waals surface area contributed by atoms with E-state index < -0.39 is 28.5 Å². The Morgan fingerprint density at radius 1 is 0.870 bits per heavy atom. The van der Waals surface area contributed by atoms with Crippen molar-refractivity contribution in [3.63, 3.8) is 0 Å². The maximum atomic E-state index is 14.6. The molecule has 0 saturated carbocycles. The molecule has 9 nitrogen and oxygen atoms in total. The predicted octanol–water partition coefficient (Wildman–Crippen LogP) is 5.64. The number of anilines is 1. The van der Waals surface area contributed by atoms with Crippen molar-refractivity contribution in [3.8, 4) is 11.5 Å². The minimum absolute atomic E-state index is 0.00964. The van der Waals surface area contributed by atoms with Crippen molar-refractivity contribution >= 4 is 39.1 Å². The molecule has 242 valence electrons. The number of methoxy groups -OCH3 is 2. The lowest BCUT2D eigenvalue weighted by molar-refractivity contribution is -0.140. The summed E-state index contributed by atoms with van der Waals surface area (Å²) in [6.45, 7) is 3.40. The highest BCUT2D eigenvalue weighted by atomic mass is 35.5. The van der Waals surface area contributed by atoms with E-state index in [4.69, 9.17) is 21.1 Å². The average Bonchev–Trinajstić information content (AvgIpc) is 3.06. The molecule has 0 bridgehead atoms. The second-order valence-electron chi connectivity index (χ2n) is 10.6. The maximum Gasteiger partial charge on any atom is 0.264 e. The first-order chi connectivity index (χ1) is 22.1. The van der Waals surface area contributed by atoms with Gasteiger partial charge in [-0.3, -0.25) is 13.9 Å². The maximum absolute atomic E-state index is 14.6. The number of hydrogen-bond donors (Lipinski definition) is 1. The van der Waals surface area contributed by atoms with E-state index >= 15 is 0 Å². The number of carbonyl (C=O) groups excluding carboxylic acids is 2. The molecule has 1 N–H and O–H groups in total. The monoisotopic (exact) mass is 663 g/mol. The Balaban J connectivity index is 1.85. The number of halogens is 1. The topological polar surface area (TPSA) is 105 Å². The molecule has 0 aromatic heterocycles. The van der Waals surface area contributed by atoms with E-state index in [-0.39, 0.29) is 35.2 Å². The van der Waals surface area contributed by atoms with E-state index in [2.05, 4.69) is 5.32 Å². The van der Waals surface area contributed by atoms with Crippen molar-refractivity contribution in [1.29, 1.82) is 0 Å². The second kappa shape index (κ2) is 15.6. The third-order valence-corrected chi connectivity index (χ3v) is 9.46. The SMILES string of the molecule is CCNC(=O)[C@H](Cc1ccccc1)N(Cc1ccc(Cl)cc1)C(=O)CN(c1cc(OC)ccc1OC)S(=O)(=O)c1ccc(C)cc1. The van der Waals surface area contributed by atoms with Crippen LogP contribution < -0.4 is 19.1 Å². The van der Waals surface area contributed by atoms with Crippen LogP contribution in [0.3, 0.4) is 0 Å². The molecule has 0 saturated heterocycles. The van der Waals surface area contributed by atoms with Crippen LogP contribution in [0.5, 0.6) is 11.5 Å². The molecule has 46 heavy (non-hydrogen) atoms. The van der Waals surface area contributed by atoms with Crippen LogP contribution in [0.4, 0.5) is 5.69 Å². The highest BCUT2D eigenvalue weighted by molar-refractivity contribution is 7.92. The smallest absolute Gasteiger partial charge is 0.264 e. The van der Waals surface area contributed by atoms with Gasteiger partial charge in [0.2, 0.25) is 11.8 Å². The lowest BCUT2D eigenvalue weighted by atomic mass is 10.0. The van der Waals surface area contributed by atoms with Gasteiger partial charge in [0.1, 0.15) is 24.1 Å². The fraction of sp³-hybridized carbons (Fsp3) is 0.257. The quantitative estimate of drug-likeness (QED) is 0.187. The van der Waals surface area contributed by atoms with Gasteiger partial charge in [0, 0.05) is 30.6 Å². The number of nitrogens with zero attached hydrogens (tertiary/aromatic N) is 2. The molecular weight excluding hydrogens is 626 g/mol. The van der Waals surface area contributed by atoms with Gasteiger partial charge in [-0.05, 0) is 61.4 Å². The summed E-state index contributed by atoms with van der Waals surface area (Å²) in [5.74, 6) is -0.365. The normalized spacial score (nSPS) is 11.8. The highest BCUT2D eigenvalue weighted by Gasteiger charge is 2.35. The van der Waals surface area contributed by atoms with E-state index in [0.717, 1.165) is 15.4 Å². The number of ether oxygens (including phenoxy) is 2. The van der Waals surface area contributed by atoms with E-state index in [1.54, 1.807) is 55.5 Å². The molecule has 0 aliphatic carbocycles. The summed E-state index contributed by atoms with van der Waals surface area (Å²) in [5.41, 5.74) is 2.54. The number of rotatable bonds is 14. The molecule has 0 aliphatic rings. The van der Waals surface area contributed by atoms with Crippen molar-refractivity contribution in [2.45, 2.75) is 37.8 Å². The number of benzene rings is 4. The number of amides is 2. The molecule has 0 spiro atoms. The standard InChI is InChI=1S/C35H38ClN3O6S/c1-5-37-35(41)32(21-26-9-7-6-8-10-26)38(23-27-13-15-28(36)16-14-27)34(40)24-39(31-22-29(44-3)17-20-33(31)45-4)46(42,43)30-18-11-25(2)12-19-30/h6-20,22,32H,5,21,23-24H2,1-4H3,(H,37,41)/t32-/m0/s1. The summed E-state index contributed by atoms with van der Waals surface area (Å²) in [4.78, 5) is 29.6. The Morgan fingerprint density at radius 2 is 1.54 bits per heavy atom. The van der Waals surface area contributed by atoms with E-state index in [0.29, 0.717) is 22.9 Å². The molecule has 4 rings (SSSR count). The number of hydrogen-bond acceptors (Lipinski definition) is 6. The first-order valence-electron chi connectivity index (χ1n) is 14.7. The van der Waals surface area contributed by atoms with Crippen LogP contribution in [-0.2, 0) is 32.6 Å². The Bertz CT molecular complexity index is 1730. The zero-order valence-corrected chi connectivity index (χ0v) is 27.8. The first kappa shape index (κ1) is 34.3. The second-order valence-corrected chi connectivity index (χ2v) is 12.9. The lowest BCUT2D eigenvalue weighted by Gasteiger charge is -2.34. The van der Waals surface area contributed by atoms with Crippen molar-refractivity contribution in [2.75, 3.05) is 31.6 Å². The van der Waals surface area contributed by atoms with Crippen LogP contribution >= 0.6 is 11.6 Å². The Morgan fingerprint density at radius 3 is 2.15 bits per heavy atom. The van der Waals surface area contributed by atoms with Crippen LogP contribution in [0.1, 0.15) is 23.6 Å². The van der Waals surface area contributed by atoms with Crippen LogP contribution in [0.2, 0.25) is 5.02 Å². The molecule has 0 aliphatic heterocycles. The van der Waals surface area contributed by atoms with Gasteiger partial charge in [-0.2, -0.15) is 0 Å². The molecule has 0 radical (unpaired) electrons. The molecule has 11 heteroatoms. The molecule has 0 heterocycles. The van der Waals surface area contributed by atoms with Crippen molar-refractivity contribution < 1.29 is 27.5 Å². The van der Waals surface area contributed by atoms with Gasteiger partial charge in [-0.15, -0.1) is 0 Å². The molecule has 4 aromatic rings. The number of likely N-dealkylation sites (N-methyl/N-ethyl adjacent to an activating group) is 1. The lowest BCUT2D eigenvalue weighted by Crippen LogP contribution is -2.53. The zero-order valence-electron chi connectivity index (χ0n) is 26.3. The van der Waals surface area contributed by atoms with Crippen LogP contribution in [0.15, 0.2) is 102 Å². The van der Waals surface area contributed by atoms with E-state index in [9.17, 15) is 18.0 Å². The Hall–Kier alpha value is -4.54. The third kappa shape index (κ3) is 8.38. The van der Waals surface area contributed by atoms with Gasteiger partial charge in [-0.1, -0.05) is 71.8 Å².